The van der Waals surface area contributed by atoms with Crippen LogP contribution in [0.5, 0.6) is 0 Å². The van der Waals surface area contributed by atoms with Crippen molar-refractivity contribution < 1.29 is 0 Å². The topological polar surface area (TPSA) is 41.1 Å². The number of nitrogens with one attached hydrogen (secondary N) is 1. The summed E-state index contributed by atoms with van der Waals surface area (Å²) >= 11 is 7.38. The zero-order valence-corrected chi connectivity index (χ0v) is 14.5. The molecular formula is C18H16N4S2. The highest BCUT2D eigenvalue weighted by molar-refractivity contribution is 7.80. The molecule has 1 saturated heterocycles. The van der Waals surface area contributed by atoms with Gasteiger partial charge in [-0.25, -0.2) is 0 Å². The molecule has 1 N–H and O–H groups in total. The van der Waals surface area contributed by atoms with E-state index in [2.05, 4.69) is 37.7 Å². The number of aromatic nitrogens is 2. The molecule has 3 aromatic rings. The normalized spacial score (nSPS) is 20.2. The van der Waals surface area contributed by atoms with Gasteiger partial charge in [0.1, 0.15) is 0 Å². The van der Waals surface area contributed by atoms with Crippen molar-refractivity contribution in [3.63, 3.8) is 0 Å². The highest BCUT2D eigenvalue weighted by Gasteiger charge is 2.40. The summed E-state index contributed by atoms with van der Waals surface area (Å²) in [6.45, 7) is 0.679. The number of pyridine rings is 2. The largest absolute Gasteiger partial charge is 0.352 e. The summed E-state index contributed by atoms with van der Waals surface area (Å²) in [7, 11) is 0. The van der Waals surface area contributed by atoms with E-state index in [9.17, 15) is 0 Å². The molecule has 0 radical (unpaired) electrons. The first-order chi connectivity index (χ1) is 11.8. The van der Waals surface area contributed by atoms with Crippen molar-refractivity contribution in [2.45, 2.75) is 18.6 Å². The molecule has 1 aliphatic rings. The van der Waals surface area contributed by atoms with Crippen LogP contribution in [-0.2, 0) is 6.54 Å². The number of thiocarbonyl (C=S) groups is 1. The standard InChI is InChI=1S/C18H16N4S2/c23-18-21-16(14-7-2-4-10-20-14)17(15-8-5-11-24-15)22(18)12-13-6-1-3-9-19-13/h1-11,16-17H,12H2,(H,21,23)/t16-,17-/m0/s1. The molecule has 4 nitrogen and oxygen atoms in total. The van der Waals surface area contributed by atoms with E-state index in [0.717, 1.165) is 16.5 Å². The van der Waals surface area contributed by atoms with Crippen LogP contribution in [0.3, 0.4) is 0 Å². The summed E-state index contributed by atoms with van der Waals surface area (Å²) in [5, 5.41) is 6.30. The zero-order chi connectivity index (χ0) is 16.4. The molecule has 6 heteroatoms. The molecule has 3 aromatic heterocycles. The van der Waals surface area contributed by atoms with Gasteiger partial charge in [-0.1, -0.05) is 18.2 Å². The first-order valence-electron chi connectivity index (χ1n) is 7.74. The molecule has 0 saturated carbocycles. The van der Waals surface area contributed by atoms with Crippen LogP contribution in [0.1, 0.15) is 28.3 Å². The molecule has 0 aliphatic carbocycles. The SMILES string of the molecule is S=C1N[C@@H](c2ccccn2)[C@H](c2cccs2)N1Cc1ccccn1. The van der Waals surface area contributed by atoms with Gasteiger partial charge >= 0.3 is 0 Å². The Hall–Kier alpha value is -2.31. The Balaban J connectivity index is 1.71. The summed E-state index contributed by atoms with van der Waals surface area (Å²) in [5.74, 6) is 0. The van der Waals surface area contributed by atoms with Crippen LogP contribution >= 0.6 is 23.6 Å². The smallest absolute Gasteiger partial charge is 0.170 e. The van der Waals surface area contributed by atoms with Crippen LogP contribution in [0, 0.1) is 0 Å². The van der Waals surface area contributed by atoms with E-state index in [-0.39, 0.29) is 12.1 Å². The van der Waals surface area contributed by atoms with Crippen molar-refractivity contribution in [1.82, 2.24) is 20.2 Å². The molecule has 0 spiro atoms. The van der Waals surface area contributed by atoms with Crippen LogP contribution in [0.25, 0.3) is 0 Å². The maximum Gasteiger partial charge on any atom is 0.170 e. The Kier molecular flexibility index (Phi) is 4.23. The summed E-state index contributed by atoms with van der Waals surface area (Å²) in [5.41, 5.74) is 2.01. The van der Waals surface area contributed by atoms with Crippen LogP contribution in [-0.4, -0.2) is 20.0 Å². The second-order valence-corrected chi connectivity index (χ2v) is 6.96. The van der Waals surface area contributed by atoms with Gasteiger partial charge < -0.3 is 10.2 Å². The van der Waals surface area contributed by atoms with Crippen LogP contribution < -0.4 is 5.32 Å². The van der Waals surface area contributed by atoms with Gasteiger partial charge in [0, 0.05) is 17.3 Å². The lowest BCUT2D eigenvalue weighted by atomic mass is 10.0. The van der Waals surface area contributed by atoms with Gasteiger partial charge in [-0.15, -0.1) is 11.3 Å². The second-order valence-electron chi connectivity index (χ2n) is 5.59. The van der Waals surface area contributed by atoms with E-state index in [1.54, 1.807) is 11.3 Å². The minimum Gasteiger partial charge on any atom is -0.352 e. The lowest BCUT2D eigenvalue weighted by Gasteiger charge is -2.26. The average Bonchev–Trinajstić information content (AvgIpc) is 3.25. The molecule has 4 heterocycles. The molecular weight excluding hydrogens is 336 g/mol. The van der Waals surface area contributed by atoms with Gasteiger partial charge in [0.05, 0.1) is 30.0 Å². The molecule has 0 unspecified atom stereocenters. The quantitative estimate of drug-likeness (QED) is 0.725. The molecule has 0 amide bonds. The maximum atomic E-state index is 5.63. The molecule has 4 rings (SSSR count). The molecule has 24 heavy (non-hydrogen) atoms. The highest BCUT2D eigenvalue weighted by atomic mass is 32.1. The molecule has 1 fully saturated rings. The van der Waals surface area contributed by atoms with E-state index in [1.165, 1.54) is 4.88 Å². The number of hydrogen-bond donors (Lipinski definition) is 1. The number of rotatable bonds is 4. The Morgan fingerprint density at radius 3 is 2.54 bits per heavy atom. The van der Waals surface area contributed by atoms with E-state index in [1.807, 2.05) is 48.8 Å². The Labute approximate surface area is 150 Å². The lowest BCUT2D eigenvalue weighted by molar-refractivity contribution is 0.312. The van der Waals surface area contributed by atoms with Crippen molar-refractivity contribution in [3.05, 3.63) is 82.6 Å². The number of hydrogen-bond acceptors (Lipinski definition) is 4. The van der Waals surface area contributed by atoms with Gasteiger partial charge in [0.25, 0.3) is 0 Å². The minimum absolute atomic E-state index is 0.0427. The van der Waals surface area contributed by atoms with E-state index >= 15 is 0 Å². The Morgan fingerprint density at radius 2 is 1.88 bits per heavy atom. The number of thiophene rings is 1. The van der Waals surface area contributed by atoms with Gasteiger partial charge in [0.15, 0.2) is 5.11 Å². The average molecular weight is 352 g/mol. The fourth-order valence-corrected chi connectivity index (χ4v) is 4.19. The second kappa shape index (κ2) is 6.67. The van der Waals surface area contributed by atoms with E-state index in [4.69, 9.17) is 12.2 Å². The van der Waals surface area contributed by atoms with Gasteiger partial charge in [-0.2, -0.15) is 0 Å². The highest BCUT2D eigenvalue weighted by Crippen LogP contribution is 2.40. The Morgan fingerprint density at radius 1 is 1.04 bits per heavy atom. The fourth-order valence-electron chi connectivity index (χ4n) is 3.01. The molecule has 120 valence electrons. The van der Waals surface area contributed by atoms with Crippen LogP contribution in [0.15, 0.2) is 66.3 Å². The third-order valence-corrected chi connectivity index (χ3v) is 5.39. The van der Waals surface area contributed by atoms with Crippen molar-refractivity contribution in [3.8, 4) is 0 Å². The molecule has 1 aliphatic heterocycles. The first kappa shape index (κ1) is 15.2. The predicted molar refractivity (Wildman–Crippen MR) is 99.6 cm³/mol. The van der Waals surface area contributed by atoms with E-state index in [0.29, 0.717) is 6.54 Å². The third kappa shape index (κ3) is 2.90. The van der Waals surface area contributed by atoms with Crippen molar-refractivity contribution in [1.29, 1.82) is 0 Å². The van der Waals surface area contributed by atoms with Gasteiger partial charge in [-0.05, 0) is 47.9 Å². The maximum absolute atomic E-state index is 5.63. The summed E-state index contributed by atoms with van der Waals surface area (Å²) in [6, 6.07) is 16.4. The van der Waals surface area contributed by atoms with Gasteiger partial charge in [0.2, 0.25) is 0 Å². The Bertz CT molecular complexity index is 806. The zero-order valence-electron chi connectivity index (χ0n) is 12.9. The molecule has 0 bridgehead atoms. The number of nitrogens with zero attached hydrogens (tertiary/aromatic N) is 3. The van der Waals surface area contributed by atoms with Crippen LogP contribution in [0.4, 0.5) is 0 Å². The third-order valence-electron chi connectivity index (χ3n) is 4.09. The molecule has 0 aromatic carbocycles. The minimum atomic E-state index is 0.0427. The summed E-state index contributed by atoms with van der Waals surface area (Å²) in [4.78, 5) is 12.5. The molecule has 2 atom stereocenters. The van der Waals surface area contributed by atoms with Gasteiger partial charge in [-0.3, -0.25) is 9.97 Å². The van der Waals surface area contributed by atoms with Crippen LogP contribution in [0.2, 0.25) is 0 Å². The van der Waals surface area contributed by atoms with Crippen molar-refractivity contribution >= 4 is 28.7 Å². The fraction of sp³-hybridized carbons (Fsp3) is 0.167. The predicted octanol–water partition coefficient (Wildman–Crippen LogP) is 3.71. The monoisotopic (exact) mass is 352 g/mol. The van der Waals surface area contributed by atoms with Crippen molar-refractivity contribution in [2.24, 2.45) is 0 Å². The summed E-state index contributed by atoms with van der Waals surface area (Å²) < 4.78 is 0. The lowest BCUT2D eigenvalue weighted by Crippen LogP contribution is -2.29. The first-order valence-corrected chi connectivity index (χ1v) is 9.03. The van der Waals surface area contributed by atoms with E-state index < -0.39 is 0 Å². The summed E-state index contributed by atoms with van der Waals surface area (Å²) in [6.07, 6.45) is 3.64. The van der Waals surface area contributed by atoms with Crippen molar-refractivity contribution in [2.75, 3.05) is 0 Å².